The zero-order chi connectivity index (χ0) is 31.3. The number of aliphatic hydroxyl groups excluding tert-OH is 6. The Morgan fingerprint density at radius 2 is 1.58 bits per heavy atom. The van der Waals surface area contributed by atoms with E-state index in [1.54, 1.807) is 0 Å². The van der Waals surface area contributed by atoms with Crippen molar-refractivity contribution in [1.29, 1.82) is 0 Å². The number of ether oxygens (including phenoxy) is 4. The Hall–Kier alpha value is -3.51. The van der Waals surface area contributed by atoms with Crippen molar-refractivity contribution in [3.63, 3.8) is 0 Å². The van der Waals surface area contributed by atoms with Crippen LogP contribution >= 0.6 is 0 Å². The molecule has 15 nitrogen and oxygen atoms in total. The van der Waals surface area contributed by atoms with Gasteiger partial charge in [-0.1, -0.05) is 0 Å². The van der Waals surface area contributed by atoms with Crippen LogP contribution in [0, 0.1) is 0 Å². The lowest BCUT2D eigenvalue weighted by Crippen LogP contribution is -2.61. The molecule has 2 aliphatic rings. The second-order valence-electron chi connectivity index (χ2n) is 10.4. The van der Waals surface area contributed by atoms with Gasteiger partial charge in [-0.2, -0.15) is 0 Å². The van der Waals surface area contributed by atoms with Gasteiger partial charge in [-0.25, -0.2) is 0 Å². The second kappa shape index (κ2) is 11.9. The first-order chi connectivity index (χ1) is 20.4. The molecule has 234 valence electrons. The van der Waals surface area contributed by atoms with Crippen molar-refractivity contribution in [2.24, 2.45) is 0 Å². The van der Waals surface area contributed by atoms with Gasteiger partial charge in [-0.05, 0) is 25.1 Å². The van der Waals surface area contributed by atoms with Gasteiger partial charge in [0.05, 0.1) is 25.4 Å². The molecule has 0 aliphatic carbocycles. The van der Waals surface area contributed by atoms with Gasteiger partial charge >= 0.3 is 0 Å². The van der Waals surface area contributed by atoms with E-state index < -0.39 is 95.7 Å². The maximum absolute atomic E-state index is 13.3. The summed E-state index contributed by atoms with van der Waals surface area (Å²) < 4.78 is 27.8. The van der Waals surface area contributed by atoms with Crippen molar-refractivity contribution < 1.29 is 69.3 Å². The standard InChI is InChI=1S/C28H32O15/c1-9-20(33)23(36)25(38)28(40-9)43-27-24(37)21(34)17(8-29)42-26(27)19-13(32)7-16-18(22(19)35)12(31)6-14(41-16)10-3-4-11(30)15(5-10)39-2/h3-7,9,17,20-21,23-30,32-38H,8H2,1-2H3. The molecule has 1 aromatic heterocycles. The number of rotatable bonds is 6. The number of aromatic hydroxyl groups is 3. The van der Waals surface area contributed by atoms with Gasteiger partial charge in [-0.15, -0.1) is 0 Å². The van der Waals surface area contributed by atoms with E-state index in [0.29, 0.717) is 5.56 Å². The number of hydrogen-bond acceptors (Lipinski definition) is 15. The molecule has 0 saturated carbocycles. The van der Waals surface area contributed by atoms with Gasteiger partial charge in [0, 0.05) is 17.7 Å². The maximum Gasteiger partial charge on any atom is 0.197 e. The molecule has 10 atom stereocenters. The van der Waals surface area contributed by atoms with Crippen molar-refractivity contribution in [3.8, 4) is 34.3 Å². The molecular weight excluding hydrogens is 576 g/mol. The summed E-state index contributed by atoms with van der Waals surface area (Å²) in [5, 5.41) is 93.7. The van der Waals surface area contributed by atoms with Crippen LogP contribution in [0.4, 0.5) is 0 Å². The average Bonchev–Trinajstić information content (AvgIpc) is 2.97. The van der Waals surface area contributed by atoms with Crippen molar-refractivity contribution in [1.82, 2.24) is 0 Å². The fourth-order valence-corrected chi connectivity index (χ4v) is 5.31. The van der Waals surface area contributed by atoms with Crippen LogP contribution in [0.3, 0.4) is 0 Å². The zero-order valence-electron chi connectivity index (χ0n) is 22.8. The van der Waals surface area contributed by atoms with E-state index in [-0.39, 0.29) is 22.8 Å². The van der Waals surface area contributed by atoms with E-state index in [2.05, 4.69) is 0 Å². The van der Waals surface area contributed by atoms with E-state index in [0.717, 1.165) is 12.1 Å². The smallest absolute Gasteiger partial charge is 0.197 e. The highest BCUT2D eigenvalue weighted by molar-refractivity contribution is 5.88. The van der Waals surface area contributed by atoms with Crippen LogP contribution in [0.25, 0.3) is 22.3 Å². The third kappa shape index (κ3) is 5.39. The van der Waals surface area contributed by atoms with E-state index in [9.17, 15) is 50.8 Å². The second-order valence-corrected chi connectivity index (χ2v) is 10.4. The van der Waals surface area contributed by atoms with Crippen LogP contribution in [-0.2, 0) is 14.2 Å². The Kier molecular flexibility index (Phi) is 8.54. The molecular formula is C28H32O15. The Morgan fingerprint density at radius 1 is 0.860 bits per heavy atom. The molecule has 3 heterocycles. The summed E-state index contributed by atoms with van der Waals surface area (Å²) in [6.07, 6.45) is -16.2. The van der Waals surface area contributed by atoms with Gasteiger partial charge in [0.2, 0.25) is 0 Å². The highest BCUT2D eigenvalue weighted by Crippen LogP contribution is 2.46. The highest BCUT2D eigenvalue weighted by atomic mass is 16.7. The molecule has 15 heteroatoms. The highest BCUT2D eigenvalue weighted by Gasteiger charge is 2.51. The summed E-state index contributed by atoms with van der Waals surface area (Å²) in [6, 6.07) is 6.24. The minimum absolute atomic E-state index is 0.00895. The molecule has 0 radical (unpaired) electrons. The monoisotopic (exact) mass is 608 g/mol. The Morgan fingerprint density at radius 3 is 2.26 bits per heavy atom. The number of phenols is 3. The summed E-state index contributed by atoms with van der Waals surface area (Å²) in [7, 11) is 1.34. The third-order valence-electron chi connectivity index (χ3n) is 7.73. The summed E-state index contributed by atoms with van der Waals surface area (Å²) >= 11 is 0. The number of hydrogen-bond donors (Lipinski definition) is 9. The number of phenolic OH excluding ortho intramolecular Hbond substituents is 3. The lowest BCUT2D eigenvalue weighted by Gasteiger charge is -2.46. The van der Waals surface area contributed by atoms with Crippen molar-refractivity contribution in [2.45, 2.75) is 68.1 Å². The Bertz CT molecular complexity index is 1540. The molecule has 2 saturated heterocycles. The van der Waals surface area contributed by atoms with Crippen molar-refractivity contribution >= 4 is 11.0 Å². The van der Waals surface area contributed by atoms with E-state index in [4.69, 9.17) is 23.4 Å². The SMILES string of the molecule is COc1cc(-c2cc(=O)c3c(O)c(C4OC(CO)C(O)C(O)C4OC4OC(C)C(O)C(O)C4O)c(O)cc3o2)ccc1O. The molecule has 3 aromatic rings. The lowest BCUT2D eigenvalue weighted by atomic mass is 9.89. The van der Waals surface area contributed by atoms with Gasteiger partial charge in [0.1, 0.15) is 77.1 Å². The third-order valence-corrected chi connectivity index (χ3v) is 7.73. The summed E-state index contributed by atoms with van der Waals surface area (Å²) in [4.78, 5) is 13.3. The van der Waals surface area contributed by atoms with Crippen LogP contribution < -0.4 is 10.2 Å². The topological polar surface area (TPSA) is 249 Å². The molecule has 2 aliphatic heterocycles. The first kappa shape index (κ1) is 30.9. The Labute approximate surface area is 242 Å². The number of fused-ring (bicyclic) bond motifs is 1. The molecule has 9 N–H and O–H groups in total. The molecule has 5 rings (SSSR count). The predicted octanol–water partition coefficient (Wildman–Crippen LogP) is -1.05. The normalized spacial score (nSPS) is 33.0. The van der Waals surface area contributed by atoms with Crippen LogP contribution in [-0.4, -0.2) is 115 Å². The van der Waals surface area contributed by atoms with Gasteiger partial charge in [0.15, 0.2) is 23.2 Å². The largest absolute Gasteiger partial charge is 0.507 e. The van der Waals surface area contributed by atoms with Crippen LogP contribution in [0.15, 0.2) is 39.5 Å². The van der Waals surface area contributed by atoms with Crippen LogP contribution in [0.1, 0.15) is 18.6 Å². The minimum Gasteiger partial charge on any atom is -0.507 e. The maximum atomic E-state index is 13.3. The van der Waals surface area contributed by atoms with Gasteiger partial charge in [-0.3, -0.25) is 4.79 Å². The van der Waals surface area contributed by atoms with E-state index in [1.165, 1.54) is 32.2 Å². The average molecular weight is 609 g/mol. The first-order valence-electron chi connectivity index (χ1n) is 13.3. The number of methoxy groups -OCH3 is 1. The summed E-state index contributed by atoms with van der Waals surface area (Å²) in [6.45, 7) is 0.587. The molecule has 0 spiro atoms. The zero-order valence-corrected chi connectivity index (χ0v) is 22.8. The first-order valence-corrected chi connectivity index (χ1v) is 13.3. The fraction of sp³-hybridized carbons (Fsp3) is 0.464. The van der Waals surface area contributed by atoms with Crippen molar-refractivity contribution in [3.05, 3.63) is 46.1 Å². The molecule has 10 unspecified atom stereocenters. The molecule has 0 bridgehead atoms. The lowest BCUT2D eigenvalue weighted by molar-refractivity contribution is -0.338. The number of benzene rings is 2. The Balaban J connectivity index is 1.59. The molecule has 2 aromatic carbocycles. The summed E-state index contributed by atoms with van der Waals surface area (Å²) in [5.74, 6) is -1.56. The van der Waals surface area contributed by atoms with Crippen LogP contribution in [0.2, 0.25) is 0 Å². The van der Waals surface area contributed by atoms with Gasteiger partial charge in [0.25, 0.3) is 0 Å². The van der Waals surface area contributed by atoms with E-state index >= 15 is 0 Å². The molecule has 43 heavy (non-hydrogen) atoms. The van der Waals surface area contributed by atoms with Crippen LogP contribution in [0.5, 0.6) is 23.0 Å². The number of aliphatic hydroxyl groups is 6. The summed E-state index contributed by atoms with van der Waals surface area (Å²) in [5.41, 5.74) is -1.16. The minimum atomic E-state index is -1.87. The van der Waals surface area contributed by atoms with Crippen molar-refractivity contribution in [2.75, 3.05) is 13.7 Å². The molecule has 0 amide bonds. The van der Waals surface area contributed by atoms with E-state index in [1.807, 2.05) is 0 Å². The fourth-order valence-electron chi connectivity index (χ4n) is 5.31. The quantitative estimate of drug-likeness (QED) is 0.162. The molecule has 2 fully saturated rings. The van der Waals surface area contributed by atoms with Gasteiger partial charge < -0.3 is 69.3 Å². The predicted molar refractivity (Wildman–Crippen MR) is 143 cm³/mol.